The van der Waals surface area contributed by atoms with Crippen molar-refractivity contribution in [3.8, 4) is 12.0 Å². The zero-order valence-electron chi connectivity index (χ0n) is 10.6. The molecule has 1 fully saturated rings. The van der Waals surface area contributed by atoms with Crippen LogP contribution in [0.2, 0.25) is 0 Å². The lowest BCUT2D eigenvalue weighted by atomic mass is 10.1. The predicted octanol–water partition coefficient (Wildman–Crippen LogP) is 3.33. The van der Waals surface area contributed by atoms with Crippen molar-refractivity contribution in [2.45, 2.75) is 32.2 Å². The summed E-state index contributed by atoms with van der Waals surface area (Å²) < 4.78 is 5.07. The number of hydrogen-bond acceptors (Lipinski definition) is 2. The van der Waals surface area contributed by atoms with Crippen LogP contribution in [-0.4, -0.2) is 17.6 Å². The molecule has 1 amide bonds. The average Bonchev–Trinajstić information content (AvgIpc) is 2.77. The van der Waals surface area contributed by atoms with Crippen molar-refractivity contribution in [3.05, 3.63) is 35.9 Å². The topological polar surface area (TPSA) is 29.5 Å². The zero-order chi connectivity index (χ0) is 12.8. The third-order valence-electron chi connectivity index (χ3n) is 2.91. The van der Waals surface area contributed by atoms with Gasteiger partial charge in [0.15, 0.2) is 0 Å². The summed E-state index contributed by atoms with van der Waals surface area (Å²) in [5, 5.41) is 0. The van der Waals surface area contributed by atoms with E-state index in [0.717, 1.165) is 24.8 Å². The Kier molecular flexibility index (Phi) is 4.25. The normalized spacial score (nSPS) is 18.2. The van der Waals surface area contributed by atoms with Gasteiger partial charge in [-0.05, 0) is 12.0 Å². The summed E-state index contributed by atoms with van der Waals surface area (Å²) in [6.07, 6.45) is 2.66. The van der Waals surface area contributed by atoms with Crippen LogP contribution in [0.15, 0.2) is 30.3 Å². The molecule has 2 rings (SSSR count). The highest BCUT2D eigenvalue weighted by Gasteiger charge is 2.33. The molecule has 1 atom stereocenters. The van der Waals surface area contributed by atoms with Gasteiger partial charge in [-0.3, -0.25) is 0 Å². The first-order chi connectivity index (χ1) is 8.83. The Bertz CT molecular complexity index is 458. The number of carbonyl (C=O) groups excluding carboxylic acids is 1. The van der Waals surface area contributed by atoms with E-state index in [1.165, 1.54) is 4.90 Å². The van der Waals surface area contributed by atoms with Gasteiger partial charge in [-0.1, -0.05) is 49.6 Å². The van der Waals surface area contributed by atoms with Crippen LogP contribution in [0.5, 0.6) is 0 Å². The standard InChI is InChI=1S/C15H17NO2/c1-2-3-4-8-11-16-14(12-18-15(16)17)13-9-6-5-7-10-13/h5-7,9-10,14H,2-4,12H2,1H3/t14-/m0/s1. The van der Waals surface area contributed by atoms with Gasteiger partial charge in [-0.15, -0.1) is 0 Å². The van der Waals surface area contributed by atoms with Crippen molar-refractivity contribution in [3.63, 3.8) is 0 Å². The second-order valence-corrected chi connectivity index (χ2v) is 4.27. The van der Waals surface area contributed by atoms with Crippen molar-refractivity contribution in [2.24, 2.45) is 0 Å². The van der Waals surface area contributed by atoms with Crippen LogP contribution < -0.4 is 0 Å². The van der Waals surface area contributed by atoms with Gasteiger partial charge in [0.2, 0.25) is 0 Å². The molecule has 3 nitrogen and oxygen atoms in total. The van der Waals surface area contributed by atoms with Crippen molar-refractivity contribution >= 4 is 6.09 Å². The van der Waals surface area contributed by atoms with Crippen LogP contribution in [0.4, 0.5) is 4.79 Å². The molecule has 0 aromatic heterocycles. The van der Waals surface area contributed by atoms with Crippen LogP contribution in [-0.2, 0) is 4.74 Å². The van der Waals surface area contributed by atoms with E-state index in [9.17, 15) is 4.79 Å². The highest BCUT2D eigenvalue weighted by molar-refractivity contribution is 5.72. The molecule has 1 heterocycles. The number of hydrogen-bond donors (Lipinski definition) is 0. The molecule has 1 aromatic rings. The Morgan fingerprint density at radius 2 is 2.17 bits per heavy atom. The minimum Gasteiger partial charge on any atom is -0.446 e. The van der Waals surface area contributed by atoms with Crippen LogP contribution in [0.1, 0.15) is 37.8 Å². The van der Waals surface area contributed by atoms with E-state index in [1.807, 2.05) is 30.3 Å². The lowest BCUT2D eigenvalue weighted by molar-refractivity contribution is 0.167. The number of amides is 1. The first-order valence-corrected chi connectivity index (χ1v) is 6.32. The number of benzene rings is 1. The van der Waals surface area contributed by atoms with Crippen molar-refractivity contribution < 1.29 is 9.53 Å². The minimum absolute atomic E-state index is 0.0761. The molecule has 1 aliphatic rings. The molecule has 0 radical (unpaired) electrons. The monoisotopic (exact) mass is 243 g/mol. The first kappa shape index (κ1) is 12.5. The summed E-state index contributed by atoms with van der Waals surface area (Å²) in [5.41, 5.74) is 1.06. The number of ether oxygens (including phenoxy) is 1. The Morgan fingerprint density at radius 1 is 1.39 bits per heavy atom. The molecule has 1 aliphatic heterocycles. The number of carbonyl (C=O) groups is 1. The molecule has 3 heteroatoms. The quantitative estimate of drug-likeness (QED) is 0.602. The van der Waals surface area contributed by atoms with Gasteiger partial charge in [0.05, 0.1) is 0 Å². The van der Waals surface area contributed by atoms with Gasteiger partial charge in [-0.25, -0.2) is 9.69 Å². The Morgan fingerprint density at radius 3 is 2.89 bits per heavy atom. The van der Waals surface area contributed by atoms with Crippen LogP contribution in [0.3, 0.4) is 0 Å². The van der Waals surface area contributed by atoms with Crippen molar-refractivity contribution in [2.75, 3.05) is 6.61 Å². The summed E-state index contributed by atoms with van der Waals surface area (Å²) in [6, 6.07) is 12.7. The molecule has 0 bridgehead atoms. The van der Waals surface area contributed by atoms with E-state index in [-0.39, 0.29) is 12.1 Å². The molecular weight excluding hydrogens is 226 g/mol. The fourth-order valence-electron chi connectivity index (χ4n) is 1.87. The second kappa shape index (κ2) is 6.11. The van der Waals surface area contributed by atoms with E-state index in [4.69, 9.17) is 4.74 Å². The van der Waals surface area contributed by atoms with Crippen molar-refractivity contribution in [1.82, 2.24) is 4.90 Å². The highest BCUT2D eigenvalue weighted by atomic mass is 16.6. The van der Waals surface area contributed by atoms with Gasteiger partial charge in [0.25, 0.3) is 0 Å². The molecule has 94 valence electrons. The molecular formula is C15H17NO2. The molecule has 0 saturated carbocycles. The van der Waals surface area contributed by atoms with E-state index >= 15 is 0 Å². The Labute approximate surface area is 108 Å². The second-order valence-electron chi connectivity index (χ2n) is 4.27. The highest BCUT2D eigenvalue weighted by Crippen LogP contribution is 2.26. The summed E-state index contributed by atoms with van der Waals surface area (Å²) >= 11 is 0. The summed E-state index contributed by atoms with van der Waals surface area (Å²) in [4.78, 5) is 13.1. The average molecular weight is 243 g/mol. The van der Waals surface area contributed by atoms with Crippen molar-refractivity contribution in [1.29, 1.82) is 0 Å². The van der Waals surface area contributed by atoms with E-state index in [2.05, 4.69) is 18.9 Å². The number of rotatable bonds is 3. The Balaban J connectivity index is 2.10. The van der Waals surface area contributed by atoms with Gasteiger partial charge in [0.1, 0.15) is 12.6 Å². The van der Waals surface area contributed by atoms with E-state index in [1.54, 1.807) is 0 Å². The Hall–Kier alpha value is -1.95. The molecule has 1 saturated heterocycles. The molecule has 1 aromatic carbocycles. The fraction of sp³-hybridized carbons (Fsp3) is 0.400. The summed E-state index contributed by atoms with van der Waals surface area (Å²) in [6.45, 7) is 2.50. The van der Waals surface area contributed by atoms with E-state index in [0.29, 0.717) is 6.61 Å². The van der Waals surface area contributed by atoms with E-state index < -0.39 is 0 Å². The molecule has 18 heavy (non-hydrogen) atoms. The molecule has 0 spiro atoms. The van der Waals surface area contributed by atoms with Gasteiger partial charge in [-0.2, -0.15) is 0 Å². The predicted molar refractivity (Wildman–Crippen MR) is 69.7 cm³/mol. The summed E-state index contributed by atoms with van der Waals surface area (Å²) in [7, 11) is 0. The third kappa shape index (κ3) is 2.84. The SMILES string of the molecule is CCCCC#CN1C(=O)OC[C@H]1c1ccccc1. The lowest BCUT2D eigenvalue weighted by Gasteiger charge is -2.14. The van der Waals surface area contributed by atoms with Gasteiger partial charge < -0.3 is 4.74 Å². The van der Waals surface area contributed by atoms with Crippen LogP contribution >= 0.6 is 0 Å². The smallest absolute Gasteiger partial charge is 0.422 e. The van der Waals surface area contributed by atoms with Crippen LogP contribution in [0.25, 0.3) is 0 Å². The first-order valence-electron chi connectivity index (χ1n) is 6.32. The summed E-state index contributed by atoms with van der Waals surface area (Å²) in [5.74, 6) is 3.03. The molecule has 0 aliphatic carbocycles. The maximum atomic E-state index is 11.6. The maximum Gasteiger partial charge on any atom is 0.422 e. The lowest BCUT2D eigenvalue weighted by Crippen LogP contribution is -2.22. The minimum atomic E-state index is -0.340. The van der Waals surface area contributed by atoms with Gasteiger partial charge in [0, 0.05) is 12.5 Å². The fourth-order valence-corrected chi connectivity index (χ4v) is 1.87. The maximum absolute atomic E-state index is 11.6. The zero-order valence-corrected chi connectivity index (χ0v) is 10.6. The van der Waals surface area contributed by atoms with Gasteiger partial charge >= 0.3 is 6.09 Å². The molecule has 0 unspecified atom stereocenters. The number of unbranched alkanes of at least 4 members (excludes halogenated alkanes) is 2. The number of nitrogens with zero attached hydrogens (tertiary/aromatic N) is 1. The largest absolute Gasteiger partial charge is 0.446 e. The number of cyclic esters (lactones) is 1. The third-order valence-corrected chi connectivity index (χ3v) is 2.91. The molecule has 0 N–H and O–H groups in total. The van der Waals surface area contributed by atoms with Crippen LogP contribution in [0, 0.1) is 12.0 Å².